The number of benzene rings is 1. The number of carbonyl (C=O) groups is 1. The fraction of sp³-hybridized carbons (Fsp3) is 0.0667. The van der Waals surface area contributed by atoms with Gasteiger partial charge in [0.05, 0.1) is 6.42 Å². The number of rotatable bonds is 4. The highest BCUT2D eigenvalue weighted by Crippen LogP contribution is 2.19. The van der Waals surface area contributed by atoms with E-state index in [1.54, 1.807) is 6.20 Å². The van der Waals surface area contributed by atoms with Gasteiger partial charge in [0.2, 0.25) is 5.91 Å². The average molecular weight is 319 g/mol. The Hall–Kier alpha value is -2.54. The lowest BCUT2D eigenvalue weighted by Crippen LogP contribution is -2.13. The highest BCUT2D eigenvalue weighted by atomic mass is 32.1. The maximum Gasteiger partial charge on any atom is 0.229 e. The van der Waals surface area contributed by atoms with Crippen LogP contribution in [-0.2, 0) is 11.2 Å². The fourth-order valence-corrected chi connectivity index (χ4v) is 2.77. The van der Waals surface area contributed by atoms with Crippen LogP contribution < -0.4 is 5.32 Å². The summed E-state index contributed by atoms with van der Waals surface area (Å²) in [6, 6.07) is 7.01. The molecule has 4 nitrogen and oxygen atoms in total. The highest BCUT2D eigenvalue weighted by Gasteiger charge is 2.10. The molecule has 1 amide bonds. The second-order valence-corrected chi connectivity index (χ2v) is 5.65. The van der Waals surface area contributed by atoms with E-state index in [2.05, 4.69) is 10.3 Å². The Balaban J connectivity index is 1.65. The molecule has 2 heterocycles. The third-order valence-electron chi connectivity index (χ3n) is 2.90. The lowest BCUT2D eigenvalue weighted by atomic mass is 10.3. The van der Waals surface area contributed by atoms with E-state index in [9.17, 15) is 13.6 Å². The molecule has 1 N–H and O–H groups in total. The highest BCUT2D eigenvalue weighted by molar-refractivity contribution is 7.14. The number of hydrogen-bond acceptors (Lipinski definition) is 3. The number of thiazole rings is 1. The molecule has 1 aromatic carbocycles. The van der Waals surface area contributed by atoms with E-state index in [1.807, 2.05) is 29.1 Å². The molecule has 0 saturated carbocycles. The van der Waals surface area contributed by atoms with E-state index in [4.69, 9.17) is 0 Å². The van der Waals surface area contributed by atoms with E-state index < -0.39 is 11.6 Å². The van der Waals surface area contributed by atoms with E-state index in [0.717, 1.165) is 22.1 Å². The van der Waals surface area contributed by atoms with E-state index in [-0.39, 0.29) is 18.0 Å². The summed E-state index contributed by atoms with van der Waals surface area (Å²) in [5.74, 6) is -2.25. The van der Waals surface area contributed by atoms with Gasteiger partial charge in [-0.05, 0) is 24.3 Å². The number of nitrogens with zero attached hydrogens (tertiary/aromatic N) is 2. The number of hydrogen-bond donors (Lipinski definition) is 1. The first-order valence-corrected chi connectivity index (χ1v) is 7.26. The molecule has 2 aromatic heterocycles. The van der Waals surface area contributed by atoms with Crippen LogP contribution in [0.25, 0.3) is 5.13 Å². The molecule has 0 fully saturated rings. The Kier molecular flexibility index (Phi) is 3.97. The van der Waals surface area contributed by atoms with Crippen molar-refractivity contribution in [2.75, 3.05) is 5.32 Å². The monoisotopic (exact) mass is 319 g/mol. The van der Waals surface area contributed by atoms with Gasteiger partial charge in [-0.1, -0.05) is 0 Å². The number of anilines is 1. The number of halogens is 2. The Morgan fingerprint density at radius 2 is 2.00 bits per heavy atom. The molecule has 3 aromatic rings. The van der Waals surface area contributed by atoms with Crippen LogP contribution >= 0.6 is 11.3 Å². The summed E-state index contributed by atoms with van der Waals surface area (Å²) in [7, 11) is 0. The number of aromatic nitrogens is 2. The average Bonchev–Trinajstić information content (AvgIpc) is 3.13. The Morgan fingerprint density at radius 3 is 2.73 bits per heavy atom. The van der Waals surface area contributed by atoms with Crippen LogP contribution in [0.3, 0.4) is 0 Å². The molecule has 3 rings (SSSR count). The third kappa shape index (κ3) is 3.20. The third-order valence-corrected chi connectivity index (χ3v) is 3.92. The van der Waals surface area contributed by atoms with Crippen molar-refractivity contribution in [1.82, 2.24) is 9.55 Å². The van der Waals surface area contributed by atoms with Crippen molar-refractivity contribution < 1.29 is 13.6 Å². The zero-order valence-corrected chi connectivity index (χ0v) is 12.1. The second-order valence-electron chi connectivity index (χ2n) is 4.55. The normalized spacial score (nSPS) is 10.6. The Bertz CT molecular complexity index is 799. The van der Waals surface area contributed by atoms with E-state index in [0.29, 0.717) is 0 Å². The molecule has 0 aliphatic carbocycles. The summed E-state index contributed by atoms with van der Waals surface area (Å²) < 4.78 is 27.8. The number of amides is 1. The number of carbonyl (C=O) groups excluding carboxylic acids is 1. The Morgan fingerprint density at radius 1 is 1.23 bits per heavy atom. The summed E-state index contributed by atoms with van der Waals surface area (Å²) in [5, 5.41) is 3.29. The lowest BCUT2D eigenvalue weighted by molar-refractivity contribution is -0.115. The molecule has 0 aliphatic rings. The first kappa shape index (κ1) is 14.4. The van der Waals surface area contributed by atoms with Crippen LogP contribution in [0.2, 0.25) is 0 Å². The van der Waals surface area contributed by atoms with Gasteiger partial charge in [0.1, 0.15) is 0 Å². The minimum Gasteiger partial charge on any atom is -0.326 e. The van der Waals surface area contributed by atoms with Crippen LogP contribution in [0.4, 0.5) is 14.5 Å². The molecule has 0 bridgehead atoms. The van der Waals surface area contributed by atoms with Gasteiger partial charge in [-0.3, -0.25) is 4.79 Å². The van der Waals surface area contributed by atoms with Gasteiger partial charge >= 0.3 is 0 Å². The van der Waals surface area contributed by atoms with Gasteiger partial charge in [0.15, 0.2) is 16.8 Å². The molecule has 112 valence electrons. The van der Waals surface area contributed by atoms with Crippen LogP contribution in [-0.4, -0.2) is 15.5 Å². The van der Waals surface area contributed by atoms with Gasteiger partial charge in [-0.2, -0.15) is 0 Å². The topological polar surface area (TPSA) is 46.9 Å². The first-order chi connectivity index (χ1) is 10.6. The van der Waals surface area contributed by atoms with Gasteiger partial charge in [0.25, 0.3) is 0 Å². The minimum absolute atomic E-state index is 0.123. The minimum atomic E-state index is -0.995. The molecule has 22 heavy (non-hydrogen) atoms. The summed E-state index contributed by atoms with van der Waals surface area (Å²) in [6.07, 6.45) is 5.48. The molecular weight excluding hydrogens is 308 g/mol. The summed E-state index contributed by atoms with van der Waals surface area (Å²) in [4.78, 5) is 16.9. The zero-order chi connectivity index (χ0) is 15.5. The van der Waals surface area contributed by atoms with Crippen molar-refractivity contribution in [3.63, 3.8) is 0 Å². The van der Waals surface area contributed by atoms with Gasteiger partial charge in [-0.15, -0.1) is 11.3 Å². The van der Waals surface area contributed by atoms with Gasteiger partial charge in [0, 0.05) is 35.2 Å². The smallest absolute Gasteiger partial charge is 0.229 e. The van der Waals surface area contributed by atoms with Crippen molar-refractivity contribution in [3.8, 4) is 5.13 Å². The predicted molar refractivity (Wildman–Crippen MR) is 80.1 cm³/mol. The van der Waals surface area contributed by atoms with E-state index >= 15 is 0 Å². The molecule has 0 saturated heterocycles. The molecule has 0 spiro atoms. The van der Waals surface area contributed by atoms with E-state index in [1.165, 1.54) is 17.4 Å². The standard InChI is InChI=1S/C15H11F2N3OS/c16-12-4-3-10(7-13(12)17)19-14(21)8-11-9-18-15(22-11)20-5-1-2-6-20/h1-7,9H,8H2,(H,19,21). The molecule has 0 radical (unpaired) electrons. The maximum atomic E-state index is 13.1. The van der Waals surface area contributed by atoms with Crippen molar-refractivity contribution in [2.45, 2.75) is 6.42 Å². The molecule has 7 heteroatoms. The van der Waals surface area contributed by atoms with Crippen molar-refractivity contribution in [2.24, 2.45) is 0 Å². The number of nitrogens with one attached hydrogen (secondary N) is 1. The summed E-state index contributed by atoms with van der Waals surface area (Å²) in [6.45, 7) is 0. The SMILES string of the molecule is O=C(Cc1cnc(-n2cccc2)s1)Nc1ccc(F)c(F)c1. The fourth-order valence-electron chi connectivity index (χ4n) is 1.90. The first-order valence-electron chi connectivity index (χ1n) is 6.45. The maximum absolute atomic E-state index is 13.1. The lowest BCUT2D eigenvalue weighted by Gasteiger charge is -2.04. The van der Waals surface area contributed by atoms with Crippen molar-refractivity contribution >= 4 is 22.9 Å². The quantitative estimate of drug-likeness (QED) is 0.801. The summed E-state index contributed by atoms with van der Waals surface area (Å²) >= 11 is 1.39. The van der Waals surface area contributed by atoms with Crippen molar-refractivity contribution in [3.05, 3.63) is 65.4 Å². The molecule has 0 atom stereocenters. The Labute approximate surface area is 129 Å². The van der Waals surface area contributed by atoms with Gasteiger partial charge in [-0.25, -0.2) is 13.8 Å². The molecule has 0 unspecified atom stereocenters. The molecular formula is C15H11F2N3OS. The van der Waals surface area contributed by atoms with Gasteiger partial charge < -0.3 is 9.88 Å². The summed E-state index contributed by atoms with van der Waals surface area (Å²) in [5.41, 5.74) is 0.221. The zero-order valence-electron chi connectivity index (χ0n) is 11.3. The second kappa shape index (κ2) is 6.07. The largest absolute Gasteiger partial charge is 0.326 e. The van der Waals surface area contributed by atoms with Crippen LogP contribution in [0.5, 0.6) is 0 Å². The van der Waals surface area contributed by atoms with Crippen LogP contribution in [0, 0.1) is 11.6 Å². The van der Waals surface area contributed by atoms with Crippen LogP contribution in [0.1, 0.15) is 4.88 Å². The molecule has 0 aliphatic heterocycles. The van der Waals surface area contributed by atoms with Crippen molar-refractivity contribution in [1.29, 1.82) is 0 Å². The van der Waals surface area contributed by atoms with Crippen LogP contribution in [0.15, 0.2) is 48.9 Å². The predicted octanol–water partition coefficient (Wildman–Crippen LogP) is 3.39.